The van der Waals surface area contributed by atoms with Crippen LogP contribution in [-0.2, 0) is 64.4 Å². The van der Waals surface area contributed by atoms with Gasteiger partial charge in [-0.25, -0.2) is 9.59 Å². The minimum atomic E-state index is -1.34. The zero-order chi connectivity index (χ0) is 28.5. The first-order valence-corrected chi connectivity index (χ1v) is 13.1. The highest BCUT2D eigenvalue weighted by molar-refractivity contribution is 5.74. The third-order valence-electron chi connectivity index (χ3n) is 5.76. The molecule has 8 nitrogen and oxygen atoms in total. The summed E-state index contributed by atoms with van der Waals surface area (Å²) < 4.78 is 33.2. The van der Waals surface area contributed by atoms with Crippen LogP contribution < -0.4 is 0 Å². The van der Waals surface area contributed by atoms with Crippen molar-refractivity contribution in [2.45, 2.75) is 39.0 Å². The average Bonchev–Trinajstić information content (AvgIpc) is 3.03. The summed E-state index contributed by atoms with van der Waals surface area (Å²) >= 11 is 0. The summed E-state index contributed by atoms with van der Waals surface area (Å²) in [6.07, 6.45) is -2.68. The highest BCUT2D eigenvalue weighted by Gasteiger charge is 2.26. The van der Waals surface area contributed by atoms with Crippen LogP contribution in [0.3, 0.4) is 0 Å². The van der Waals surface area contributed by atoms with Crippen LogP contribution in [0.2, 0.25) is 0 Å². The van der Waals surface area contributed by atoms with E-state index < -0.39 is 31.3 Å². The van der Waals surface area contributed by atoms with Crippen LogP contribution in [0, 0.1) is 0 Å². The Hall–Kier alpha value is -4.34. The Morgan fingerprint density at radius 1 is 0.415 bits per heavy atom. The highest BCUT2D eigenvalue weighted by atomic mass is 16.8. The normalized spacial score (nSPS) is 11.0. The van der Waals surface area contributed by atoms with Crippen LogP contribution in [0.4, 0.5) is 0 Å². The van der Waals surface area contributed by atoms with Gasteiger partial charge in [0.25, 0.3) is 12.6 Å². The van der Waals surface area contributed by atoms with Crippen LogP contribution in [-0.4, -0.2) is 31.3 Å². The fourth-order valence-electron chi connectivity index (χ4n) is 3.63. The first kappa shape index (κ1) is 29.6. The molecule has 0 aliphatic carbocycles. The van der Waals surface area contributed by atoms with E-state index in [1.807, 2.05) is 121 Å². The van der Waals surface area contributed by atoms with Gasteiger partial charge in [0, 0.05) is 0 Å². The number of benzene rings is 4. The zero-order valence-electron chi connectivity index (χ0n) is 22.5. The van der Waals surface area contributed by atoms with E-state index in [9.17, 15) is 9.59 Å². The van der Waals surface area contributed by atoms with Crippen LogP contribution in [0.15, 0.2) is 121 Å². The van der Waals surface area contributed by atoms with Crippen molar-refractivity contribution in [2.24, 2.45) is 0 Å². The zero-order valence-corrected chi connectivity index (χ0v) is 22.5. The molecular formula is C33H32O8. The Kier molecular flexibility index (Phi) is 12.1. The van der Waals surface area contributed by atoms with Gasteiger partial charge in [0.2, 0.25) is 6.79 Å². The van der Waals surface area contributed by atoms with Crippen molar-refractivity contribution in [3.63, 3.8) is 0 Å². The SMILES string of the molecule is O=C(OCOC(=O)C(OCc1ccccc1)OCc1ccccc1)C(OCc1ccccc1)OCc1ccccc1. The van der Waals surface area contributed by atoms with E-state index in [2.05, 4.69) is 0 Å². The molecule has 0 fully saturated rings. The smallest absolute Gasteiger partial charge is 0.366 e. The Morgan fingerprint density at radius 2 is 0.659 bits per heavy atom. The average molecular weight is 557 g/mol. The number of hydrogen-bond donors (Lipinski definition) is 0. The van der Waals surface area contributed by atoms with E-state index >= 15 is 0 Å². The van der Waals surface area contributed by atoms with E-state index in [4.69, 9.17) is 28.4 Å². The van der Waals surface area contributed by atoms with Gasteiger partial charge in [0.15, 0.2) is 0 Å². The van der Waals surface area contributed by atoms with Crippen LogP contribution in [0.25, 0.3) is 0 Å². The minimum Gasteiger partial charge on any atom is -0.424 e. The molecule has 0 radical (unpaired) electrons. The molecule has 0 atom stereocenters. The van der Waals surface area contributed by atoms with E-state index in [1.54, 1.807) is 0 Å². The highest BCUT2D eigenvalue weighted by Crippen LogP contribution is 2.12. The number of rotatable bonds is 16. The molecule has 0 amide bonds. The Morgan fingerprint density at radius 3 is 0.902 bits per heavy atom. The Bertz CT molecular complexity index is 1110. The lowest BCUT2D eigenvalue weighted by Gasteiger charge is -2.19. The molecule has 0 bridgehead atoms. The lowest BCUT2D eigenvalue weighted by molar-refractivity contribution is -0.221. The number of ether oxygens (including phenoxy) is 6. The summed E-state index contributed by atoms with van der Waals surface area (Å²) in [7, 11) is 0. The molecule has 4 aromatic rings. The van der Waals surface area contributed by atoms with Crippen molar-refractivity contribution < 1.29 is 38.0 Å². The summed E-state index contributed by atoms with van der Waals surface area (Å²) in [4.78, 5) is 25.7. The molecule has 41 heavy (non-hydrogen) atoms. The quantitative estimate of drug-likeness (QED) is 0.131. The van der Waals surface area contributed by atoms with E-state index in [0.29, 0.717) is 0 Å². The van der Waals surface area contributed by atoms with E-state index in [-0.39, 0.29) is 26.4 Å². The van der Waals surface area contributed by atoms with Gasteiger partial charge < -0.3 is 28.4 Å². The van der Waals surface area contributed by atoms with Gasteiger partial charge in [-0.2, -0.15) is 0 Å². The van der Waals surface area contributed by atoms with E-state index in [1.165, 1.54) is 0 Å². The van der Waals surface area contributed by atoms with Gasteiger partial charge in [-0.3, -0.25) is 0 Å². The Balaban J connectivity index is 1.31. The third kappa shape index (κ3) is 10.6. The summed E-state index contributed by atoms with van der Waals surface area (Å²) in [5, 5.41) is 0. The molecule has 0 aromatic heterocycles. The van der Waals surface area contributed by atoms with Gasteiger partial charge in [-0.05, 0) is 22.3 Å². The van der Waals surface area contributed by atoms with Gasteiger partial charge in [0.1, 0.15) is 0 Å². The van der Waals surface area contributed by atoms with Crippen molar-refractivity contribution in [3.05, 3.63) is 144 Å². The largest absolute Gasteiger partial charge is 0.424 e. The molecule has 0 unspecified atom stereocenters. The van der Waals surface area contributed by atoms with Crippen LogP contribution in [0.1, 0.15) is 22.3 Å². The molecule has 0 aliphatic heterocycles. The summed E-state index contributed by atoms with van der Waals surface area (Å²) in [5.74, 6) is -1.67. The molecule has 0 heterocycles. The third-order valence-corrected chi connectivity index (χ3v) is 5.76. The lowest BCUT2D eigenvalue weighted by Crippen LogP contribution is -2.33. The second-order valence-corrected chi connectivity index (χ2v) is 8.89. The van der Waals surface area contributed by atoms with Crippen molar-refractivity contribution >= 4 is 11.9 Å². The molecule has 0 saturated heterocycles. The molecule has 0 aliphatic rings. The van der Waals surface area contributed by atoms with Gasteiger partial charge in [-0.1, -0.05) is 121 Å². The van der Waals surface area contributed by atoms with Gasteiger partial charge >= 0.3 is 11.9 Å². The second kappa shape index (κ2) is 16.7. The van der Waals surface area contributed by atoms with Crippen molar-refractivity contribution in [1.29, 1.82) is 0 Å². The number of esters is 2. The molecule has 0 N–H and O–H groups in total. The van der Waals surface area contributed by atoms with Crippen molar-refractivity contribution in [2.75, 3.05) is 6.79 Å². The summed E-state index contributed by atoms with van der Waals surface area (Å²) in [6.45, 7) is -0.177. The predicted molar refractivity (Wildman–Crippen MR) is 150 cm³/mol. The fourth-order valence-corrected chi connectivity index (χ4v) is 3.63. The fraction of sp³-hybridized carbons (Fsp3) is 0.212. The molecular weight excluding hydrogens is 524 g/mol. The van der Waals surface area contributed by atoms with Gasteiger partial charge in [0.05, 0.1) is 26.4 Å². The predicted octanol–water partition coefficient (Wildman–Crippen LogP) is 5.55. The first-order valence-electron chi connectivity index (χ1n) is 13.1. The first-order chi connectivity index (χ1) is 20.2. The molecule has 0 saturated carbocycles. The summed E-state index contributed by atoms with van der Waals surface area (Å²) in [5.41, 5.74) is 3.42. The molecule has 8 heteroatoms. The second-order valence-electron chi connectivity index (χ2n) is 8.89. The van der Waals surface area contributed by atoms with Crippen LogP contribution in [0.5, 0.6) is 0 Å². The maximum Gasteiger partial charge on any atom is 0.366 e. The summed E-state index contributed by atoms with van der Waals surface area (Å²) in [6, 6.07) is 37.4. The molecule has 4 rings (SSSR count). The number of hydrogen-bond acceptors (Lipinski definition) is 8. The lowest BCUT2D eigenvalue weighted by atomic mass is 10.2. The standard InChI is InChI=1S/C33H32O8/c34-30(32(36-21-26-13-5-1-6-14-26)37-22-27-15-7-2-8-16-27)40-25-41-31(35)33(38-23-28-17-9-3-10-18-28)39-24-29-19-11-4-12-20-29/h1-20,32-33H,21-25H2. The number of carbonyl (C=O) groups is 2. The van der Waals surface area contributed by atoms with Gasteiger partial charge in [-0.15, -0.1) is 0 Å². The van der Waals surface area contributed by atoms with Crippen LogP contribution >= 0.6 is 0 Å². The maximum atomic E-state index is 12.8. The monoisotopic (exact) mass is 556 g/mol. The minimum absolute atomic E-state index is 0.123. The number of carbonyl (C=O) groups excluding carboxylic acids is 2. The Labute approximate surface area is 239 Å². The van der Waals surface area contributed by atoms with Crippen molar-refractivity contribution in [1.82, 2.24) is 0 Å². The maximum absolute atomic E-state index is 12.8. The molecule has 4 aromatic carbocycles. The molecule has 0 spiro atoms. The topological polar surface area (TPSA) is 89.5 Å². The van der Waals surface area contributed by atoms with E-state index in [0.717, 1.165) is 22.3 Å². The van der Waals surface area contributed by atoms with Crippen molar-refractivity contribution in [3.8, 4) is 0 Å². The molecule has 212 valence electrons.